The van der Waals surface area contributed by atoms with Gasteiger partial charge in [-0.1, -0.05) is 0 Å². The van der Waals surface area contributed by atoms with Gasteiger partial charge in [0, 0.05) is 12.7 Å². The van der Waals surface area contributed by atoms with Gasteiger partial charge in [0.05, 0.1) is 17.8 Å². The number of hydrogen-bond acceptors (Lipinski definition) is 4. The highest BCUT2D eigenvalue weighted by molar-refractivity contribution is 7.91. The Labute approximate surface area is 99.4 Å². The van der Waals surface area contributed by atoms with E-state index in [0.717, 1.165) is 17.6 Å². The van der Waals surface area contributed by atoms with Gasteiger partial charge in [0.15, 0.2) is 15.5 Å². The number of rotatable bonds is 2. The lowest BCUT2D eigenvalue weighted by Gasteiger charge is -2.08. The Hall–Kier alpha value is -1.43. The first kappa shape index (κ1) is 10.7. The fourth-order valence-electron chi connectivity index (χ4n) is 2.32. The Kier molecular flexibility index (Phi) is 2.39. The van der Waals surface area contributed by atoms with Gasteiger partial charge in [-0.15, -0.1) is 0 Å². The van der Waals surface area contributed by atoms with Crippen LogP contribution in [-0.2, 0) is 16.4 Å². The van der Waals surface area contributed by atoms with Crippen LogP contribution in [0.2, 0.25) is 0 Å². The van der Waals surface area contributed by atoms with Gasteiger partial charge in [0.25, 0.3) is 0 Å². The lowest BCUT2D eigenvalue weighted by molar-refractivity contribution is 0.497. The minimum atomic E-state index is -2.81. The van der Waals surface area contributed by atoms with Crippen molar-refractivity contribution in [1.82, 2.24) is 14.5 Å². The zero-order valence-corrected chi connectivity index (χ0v) is 10.1. The molecule has 90 valence electrons. The lowest BCUT2D eigenvalue weighted by Crippen LogP contribution is -2.12. The van der Waals surface area contributed by atoms with Gasteiger partial charge in [0.1, 0.15) is 5.52 Å². The molecule has 1 aliphatic heterocycles. The van der Waals surface area contributed by atoms with Crippen molar-refractivity contribution in [3.63, 3.8) is 0 Å². The Bertz CT molecular complexity index is 648. The van der Waals surface area contributed by atoms with Crippen LogP contribution < -0.4 is 0 Å². The summed E-state index contributed by atoms with van der Waals surface area (Å²) in [4.78, 5) is 8.52. The minimum Gasteiger partial charge on any atom is -0.315 e. The summed E-state index contributed by atoms with van der Waals surface area (Å²) < 4.78 is 24.7. The highest BCUT2D eigenvalue weighted by Gasteiger charge is 2.28. The average Bonchev–Trinajstić information content (AvgIpc) is 2.84. The van der Waals surface area contributed by atoms with E-state index in [0.29, 0.717) is 18.1 Å². The zero-order chi connectivity index (χ0) is 11.9. The van der Waals surface area contributed by atoms with Gasteiger partial charge >= 0.3 is 0 Å². The number of aromatic nitrogens is 3. The van der Waals surface area contributed by atoms with Gasteiger partial charge < -0.3 is 4.57 Å². The second-order valence-electron chi connectivity index (χ2n) is 4.51. The number of sulfone groups is 1. The standard InChI is InChI=1S/C11H13N3O2S/c15-17(16)5-3-9(7-17)6-14-8-13-10-2-1-4-12-11(10)14/h1-2,4,8-9H,3,5-7H2. The molecule has 5 nitrogen and oxygen atoms in total. The quantitative estimate of drug-likeness (QED) is 0.794. The molecule has 0 N–H and O–H groups in total. The van der Waals surface area contributed by atoms with Crippen LogP contribution in [0, 0.1) is 5.92 Å². The van der Waals surface area contributed by atoms with Crippen molar-refractivity contribution in [2.24, 2.45) is 5.92 Å². The van der Waals surface area contributed by atoms with E-state index < -0.39 is 9.84 Å². The van der Waals surface area contributed by atoms with Crippen molar-refractivity contribution < 1.29 is 8.42 Å². The highest BCUT2D eigenvalue weighted by Crippen LogP contribution is 2.21. The molecule has 0 spiro atoms. The normalized spacial score (nSPS) is 23.2. The monoisotopic (exact) mass is 251 g/mol. The number of imidazole rings is 1. The molecule has 1 aliphatic rings. The van der Waals surface area contributed by atoms with Crippen molar-refractivity contribution in [3.8, 4) is 0 Å². The predicted octanol–water partition coefficient (Wildman–Crippen LogP) is 0.866. The molecule has 0 aromatic carbocycles. The van der Waals surface area contributed by atoms with Crippen molar-refractivity contribution >= 4 is 21.0 Å². The average molecular weight is 251 g/mol. The smallest absolute Gasteiger partial charge is 0.159 e. The number of fused-ring (bicyclic) bond motifs is 1. The largest absolute Gasteiger partial charge is 0.315 e. The lowest BCUT2D eigenvalue weighted by atomic mass is 10.1. The molecule has 1 atom stereocenters. The summed E-state index contributed by atoms with van der Waals surface area (Å²) in [6, 6.07) is 3.75. The second-order valence-corrected chi connectivity index (χ2v) is 6.74. The molecule has 0 aliphatic carbocycles. The Balaban J connectivity index is 1.86. The van der Waals surface area contributed by atoms with Crippen molar-refractivity contribution in [1.29, 1.82) is 0 Å². The molecule has 0 radical (unpaired) electrons. The first-order valence-corrected chi connectivity index (χ1v) is 7.42. The third-order valence-corrected chi connectivity index (χ3v) is 4.99. The van der Waals surface area contributed by atoms with Gasteiger partial charge in [-0.25, -0.2) is 18.4 Å². The molecule has 6 heteroatoms. The number of hydrogen-bond donors (Lipinski definition) is 0. The zero-order valence-electron chi connectivity index (χ0n) is 9.28. The van der Waals surface area contributed by atoms with E-state index in [9.17, 15) is 8.42 Å². The number of pyridine rings is 1. The summed E-state index contributed by atoms with van der Waals surface area (Å²) in [6.45, 7) is 0.687. The molecule has 17 heavy (non-hydrogen) atoms. The van der Waals surface area contributed by atoms with Gasteiger partial charge in [-0.2, -0.15) is 0 Å². The molecule has 2 aromatic heterocycles. The van der Waals surface area contributed by atoms with E-state index in [1.807, 2.05) is 16.7 Å². The summed E-state index contributed by atoms with van der Waals surface area (Å²) in [5.41, 5.74) is 1.69. The van der Waals surface area contributed by atoms with Crippen LogP contribution in [0.3, 0.4) is 0 Å². The van der Waals surface area contributed by atoms with Crippen LogP contribution in [-0.4, -0.2) is 34.5 Å². The van der Waals surface area contributed by atoms with E-state index >= 15 is 0 Å². The van der Waals surface area contributed by atoms with E-state index in [-0.39, 0.29) is 5.92 Å². The van der Waals surface area contributed by atoms with Crippen LogP contribution >= 0.6 is 0 Å². The SMILES string of the molecule is O=S1(=O)CCC(Cn2cnc3cccnc32)C1. The van der Waals surface area contributed by atoms with Gasteiger partial charge in [0.2, 0.25) is 0 Å². The topological polar surface area (TPSA) is 64.8 Å². The van der Waals surface area contributed by atoms with E-state index in [1.165, 1.54) is 0 Å². The Morgan fingerprint density at radius 1 is 1.41 bits per heavy atom. The summed E-state index contributed by atoms with van der Waals surface area (Å²) in [6.07, 6.45) is 4.21. The number of nitrogens with zero attached hydrogens (tertiary/aromatic N) is 3. The molecule has 3 rings (SSSR count). The predicted molar refractivity (Wildman–Crippen MR) is 64.3 cm³/mol. The van der Waals surface area contributed by atoms with Crippen LogP contribution in [0.15, 0.2) is 24.7 Å². The Morgan fingerprint density at radius 3 is 3.06 bits per heavy atom. The molecule has 1 fully saturated rings. The van der Waals surface area contributed by atoms with Gasteiger partial charge in [-0.05, 0) is 24.5 Å². The summed E-state index contributed by atoms with van der Waals surface area (Å²) in [7, 11) is -2.81. The molecule has 2 aromatic rings. The Morgan fingerprint density at radius 2 is 2.29 bits per heavy atom. The maximum Gasteiger partial charge on any atom is 0.159 e. The van der Waals surface area contributed by atoms with Crippen molar-refractivity contribution in [3.05, 3.63) is 24.7 Å². The molecular weight excluding hydrogens is 238 g/mol. The molecule has 0 bridgehead atoms. The van der Waals surface area contributed by atoms with E-state index in [4.69, 9.17) is 0 Å². The highest BCUT2D eigenvalue weighted by atomic mass is 32.2. The third kappa shape index (κ3) is 2.04. The van der Waals surface area contributed by atoms with Crippen LogP contribution in [0.1, 0.15) is 6.42 Å². The van der Waals surface area contributed by atoms with Crippen LogP contribution in [0.4, 0.5) is 0 Å². The molecule has 0 amide bonds. The minimum absolute atomic E-state index is 0.194. The summed E-state index contributed by atoms with van der Waals surface area (Å²) >= 11 is 0. The van der Waals surface area contributed by atoms with Crippen LogP contribution in [0.25, 0.3) is 11.2 Å². The molecule has 0 saturated carbocycles. The van der Waals surface area contributed by atoms with E-state index in [1.54, 1.807) is 12.5 Å². The fraction of sp³-hybridized carbons (Fsp3) is 0.455. The summed E-state index contributed by atoms with van der Waals surface area (Å²) in [5.74, 6) is 0.802. The molecular formula is C11H13N3O2S. The molecule has 1 unspecified atom stereocenters. The first-order chi connectivity index (χ1) is 8.14. The maximum absolute atomic E-state index is 11.4. The fourth-order valence-corrected chi connectivity index (χ4v) is 4.17. The molecule has 1 saturated heterocycles. The summed E-state index contributed by atoms with van der Waals surface area (Å²) in [5, 5.41) is 0. The molecule has 3 heterocycles. The second kappa shape index (κ2) is 3.80. The first-order valence-electron chi connectivity index (χ1n) is 5.60. The maximum atomic E-state index is 11.4. The third-order valence-electron chi connectivity index (χ3n) is 3.16. The van der Waals surface area contributed by atoms with E-state index in [2.05, 4.69) is 9.97 Å². The van der Waals surface area contributed by atoms with Crippen molar-refractivity contribution in [2.45, 2.75) is 13.0 Å². The van der Waals surface area contributed by atoms with Crippen LogP contribution in [0.5, 0.6) is 0 Å². The van der Waals surface area contributed by atoms with Gasteiger partial charge in [-0.3, -0.25) is 0 Å². The van der Waals surface area contributed by atoms with Crippen molar-refractivity contribution in [2.75, 3.05) is 11.5 Å².